The van der Waals surface area contributed by atoms with E-state index >= 15 is 0 Å². The van der Waals surface area contributed by atoms with Crippen molar-refractivity contribution in [2.75, 3.05) is 13.1 Å². The molecule has 0 unspecified atom stereocenters. The summed E-state index contributed by atoms with van der Waals surface area (Å²) in [4.78, 5) is 10.8. The van der Waals surface area contributed by atoms with E-state index < -0.39 is 0 Å². The predicted molar refractivity (Wildman–Crippen MR) is 72.4 cm³/mol. The predicted octanol–water partition coefficient (Wildman–Crippen LogP) is 2.80. The van der Waals surface area contributed by atoms with Crippen molar-refractivity contribution in [2.45, 2.75) is 40.0 Å². The van der Waals surface area contributed by atoms with E-state index in [2.05, 4.69) is 37.4 Å². The topological polar surface area (TPSA) is 29.1 Å². The summed E-state index contributed by atoms with van der Waals surface area (Å²) in [5, 5.41) is 3.38. The minimum absolute atomic E-state index is 0.279. The first kappa shape index (κ1) is 13.9. The van der Waals surface area contributed by atoms with Gasteiger partial charge in [-0.2, -0.15) is 0 Å². The van der Waals surface area contributed by atoms with E-state index in [1.54, 1.807) is 6.92 Å². The lowest BCUT2D eigenvalue weighted by atomic mass is 10.0. The lowest BCUT2D eigenvalue weighted by Crippen LogP contribution is -2.19. The van der Waals surface area contributed by atoms with Crippen LogP contribution in [0, 0.1) is 13.8 Å². The third kappa shape index (κ3) is 5.64. The molecule has 0 spiro atoms. The molecule has 0 aliphatic heterocycles. The van der Waals surface area contributed by atoms with Gasteiger partial charge in [0.1, 0.15) is 5.78 Å². The van der Waals surface area contributed by atoms with E-state index in [1.165, 1.54) is 16.7 Å². The molecular formula is C15H23NO. The number of nitrogens with one attached hydrogen (secondary N) is 1. The molecule has 0 bridgehead atoms. The second kappa shape index (κ2) is 7.23. The molecule has 1 aromatic carbocycles. The number of rotatable bonds is 7. The zero-order valence-corrected chi connectivity index (χ0v) is 11.2. The van der Waals surface area contributed by atoms with Crippen LogP contribution in [0.2, 0.25) is 0 Å². The number of carbonyl (C=O) groups is 1. The van der Waals surface area contributed by atoms with Crippen molar-refractivity contribution >= 4 is 5.78 Å². The van der Waals surface area contributed by atoms with Gasteiger partial charge in [0, 0.05) is 6.42 Å². The fourth-order valence-corrected chi connectivity index (χ4v) is 1.88. The summed E-state index contributed by atoms with van der Waals surface area (Å²) in [5.74, 6) is 0.279. The van der Waals surface area contributed by atoms with E-state index in [1.807, 2.05) is 0 Å². The van der Waals surface area contributed by atoms with Crippen LogP contribution in [-0.4, -0.2) is 18.9 Å². The summed E-state index contributed by atoms with van der Waals surface area (Å²) in [6, 6.07) is 6.59. The first-order valence-electron chi connectivity index (χ1n) is 6.36. The molecular weight excluding hydrogens is 210 g/mol. The number of Topliss-reactive ketones (excluding diaryl/α,β-unsaturated/α-hetero) is 1. The molecule has 17 heavy (non-hydrogen) atoms. The lowest BCUT2D eigenvalue weighted by molar-refractivity contribution is -0.117. The molecule has 1 aromatic rings. The average molecular weight is 233 g/mol. The van der Waals surface area contributed by atoms with Crippen LogP contribution in [0.3, 0.4) is 0 Å². The van der Waals surface area contributed by atoms with Crippen molar-refractivity contribution in [2.24, 2.45) is 0 Å². The monoisotopic (exact) mass is 233 g/mol. The Kier molecular flexibility index (Phi) is 5.92. The summed E-state index contributed by atoms with van der Waals surface area (Å²) < 4.78 is 0. The van der Waals surface area contributed by atoms with Crippen molar-refractivity contribution in [1.29, 1.82) is 0 Å². The van der Waals surface area contributed by atoms with Crippen LogP contribution in [0.4, 0.5) is 0 Å². The van der Waals surface area contributed by atoms with Crippen LogP contribution < -0.4 is 5.32 Å². The van der Waals surface area contributed by atoms with Crippen molar-refractivity contribution < 1.29 is 4.79 Å². The minimum atomic E-state index is 0.279. The van der Waals surface area contributed by atoms with Gasteiger partial charge in [-0.15, -0.1) is 0 Å². The van der Waals surface area contributed by atoms with Crippen molar-refractivity contribution in [3.8, 4) is 0 Å². The molecule has 0 aromatic heterocycles. The van der Waals surface area contributed by atoms with Crippen LogP contribution in [-0.2, 0) is 11.2 Å². The number of hydrogen-bond acceptors (Lipinski definition) is 2. The third-order valence-electron chi connectivity index (χ3n) is 2.96. The largest absolute Gasteiger partial charge is 0.316 e. The summed E-state index contributed by atoms with van der Waals surface area (Å²) in [6.45, 7) is 7.86. The molecule has 0 atom stereocenters. The Balaban J connectivity index is 2.22. The number of hydrogen-bond donors (Lipinski definition) is 1. The first-order chi connectivity index (χ1) is 8.09. The summed E-state index contributed by atoms with van der Waals surface area (Å²) in [5.41, 5.74) is 4.10. The second-order valence-electron chi connectivity index (χ2n) is 4.74. The second-order valence-corrected chi connectivity index (χ2v) is 4.74. The van der Waals surface area contributed by atoms with Gasteiger partial charge in [-0.05, 0) is 57.8 Å². The van der Waals surface area contributed by atoms with Crippen molar-refractivity contribution in [3.63, 3.8) is 0 Å². The molecule has 1 N–H and O–H groups in total. The molecule has 0 fully saturated rings. The molecule has 0 heterocycles. The molecule has 0 amide bonds. The Bertz CT molecular complexity index is 371. The average Bonchev–Trinajstić information content (AvgIpc) is 2.27. The zero-order chi connectivity index (χ0) is 12.7. The van der Waals surface area contributed by atoms with Gasteiger partial charge in [-0.3, -0.25) is 0 Å². The van der Waals surface area contributed by atoms with Crippen LogP contribution in [0.5, 0.6) is 0 Å². The Morgan fingerprint density at radius 3 is 2.71 bits per heavy atom. The zero-order valence-electron chi connectivity index (χ0n) is 11.2. The third-order valence-corrected chi connectivity index (χ3v) is 2.96. The summed E-state index contributed by atoms with van der Waals surface area (Å²) in [6.07, 6.45) is 2.70. The van der Waals surface area contributed by atoms with E-state index in [-0.39, 0.29) is 5.78 Å². The molecule has 1 rings (SSSR count). The van der Waals surface area contributed by atoms with Gasteiger partial charge < -0.3 is 10.1 Å². The minimum Gasteiger partial charge on any atom is -0.316 e. The molecule has 0 aliphatic rings. The molecule has 0 saturated carbocycles. The van der Waals surface area contributed by atoms with Gasteiger partial charge in [0.15, 0.2) is 0 Å². The maximum Gasteiger partial charge on any atom is 0.129 e. The fraction of sp³-hybridized carbons (Fsp3) is 0.533. The Labute approximate surface area is 104 Å². The molecule has 94 valence electrons. The molecule has 2 nitrogen and oxygen atoms in total. The number of benzene rings is 1. The maximum absolute atomic E-state index is 10.8. The van der Waals surface area contributed by atoms with Gasteiger partial charge in [0.2, 0.25) is 0 Å². The Morgan fingerprint density at radius 1 is 1.24 bits per heavy atom. The number of aryl methyl sites for hydroxylation is 2. The smallest absolute Gasteiger partial charge is 0.129 e. The van der Waals surface area contributed by atoms with E-state index in [0.29, 0.717) is 6.42 Å². The van der Waals surface area contributed by atoms with E-state index in [0.717, 1.165) is 25.9 Å². The quantitative estimate of drug-likeness (QED) is 0.734. The molecule has 0 aliphatic carbocycles. The summed E-state index contributed by atoms with van der Waals surface area (Å²) in [7, 11) is 0. The highest BCUT2D eigenvalue weighted by molar-refractivity contribution is 5.75. The first-order valence-corrected chi connectivity index (χ1v) is 6.36. The highest BCUT2D eigenvalue weighted by Crippen LogP contribution is 2.10. The Hall–Kier alpha value is -1.15. The number of ketones is 1. The van der Waals surface area contributed by atoms with Gasteiger partial charge in [0.05, 0.1) is 0 Å². The van der Waals surface area contributed by atoms with Crippen LogP contribution in [0.15, 0.2) is 18.2 Å². The van der Waals surface area contributed by atoms with Crippen molar-refractivity contribution in [1.82, 2.24) is 5.32 Å². The van der Waals surface area contributed by atoms with Gasteiger partial charge >= 0.3 is 0 Å². The lowest BCUT2D eigenvalue weighted by Gasteiger charge is -2.08. The highest BCUT2D eigenvalue weighted by atomic mass is 16.1. The fourth-order valence-electron chi connectivity index (χ4n) is 1.88. The normalized spacial score (nSPS) is 10.5. The number of carbonyl (C=O) groups excluding carboxylic acids is 1. The Morgan fingerprint density at radius 2 is 2.00 bits per heavy atom. The standard InChI is InChI=1S/C15H23NO/c1-12-6-7-13(2)15(11-12)8-10-16-9-4-5-14(3)17/h6-7,11,16H,4-5,8-10H2,1-3H3. The van der Waals surface area contributed by atoms with Gasteiger partial charge in [0.25, 0.3) is 0 Å². The van der Waals surface area contributed by atoms with Crippen molar-refractivity contribution in [3.05, 3.63) is 34.9 Å². The van der Waals surface area contributed by atoms with E-state index in [9.17, 15) is 4.79 Å². The molecule has 2 heteroatoms. The maximum atomic E-state index is 10.8. The SMILES string of the molecule is CC(=O)CCCNCCc1cc(C)ccc1C. The van der Waals surface area contributed by atoms with Gasteiger partial charge in [-0.1, -0.05) is 23.8 Å². The van der Waals surface area contributed by atoms with E-state index in [4.69, 9.17) is 0 Å². The van der Waals surface area contributed by atoms with Crippen LogP contribution in [0.25, 0.3) is 0 Å². The highest BCUT2D eigenvalue weighted by Gasteiger charge is 1.98. The molecule has 0 radical (unpaired) electrons. The summed E-state index contributed by atoms with van der Waals surface area (Å²) >= 11 is 0. The van der Waals surface area contributed by atoms with Crippen LogP contribution >= 0.6 is 0 Å². The van der Waals surface area contributed by atoms with Crippen LogP contribution in [0.1, 0.15) is 36.5 Å². The molecule has 0 saturated heterocycles. The van der Waals surface area contributed by atoms with Gasteiger partial charge in [-0.25, -0.2) is 0 Å².